The molecule has 1 aromatic heterocycles. The zero-order chi connectivity index (χ0) is 14.8. The van der Waals surface area contributed by atoms with Gasteiger partial charge in [-0.15, -0.1) is 0 Å². The van der Waals surface area contributed by atoms with E-state index in [1.165, 1.54) is 0 Å². The van der Waals surface area contributed by atoms with Crippen LogP contribution in [0.1, 0.15) is 32.9 Å². The Morgan fingerprint density at radius 3 is 2.75 bits per heavy atom. The van der Waals surface area contributed by atoms with Gasteiger partial charge in [-0.3, -0.25) is 0 Å². The molecule has 0 unspecified atom stereocenters. The number of hydrogen-bond donors (Lipinski definition) is 1. The molecular weight excluding hydrogens is 256 g/mol. The van der Waals surface area contributed by atoms with Crippen LogP contribution in [0.3, 0.4) is 0 Å². The minimum absolute atomic E-state index is 0.262. The van der Waals surface area contributed by atoms with Crippen LogP contribution in [-0.4, -0.2) is 39.7 Å². The Morgan fingerprint density at radius 2 is 2.20 bits per heavy atom. The normalized spacial score (nSPS) is 15.8. The van der Waals surface area contributed by atoms with E-state index in [2.05, 4.69) is 9.97 Å². The molecule has 0 radical (unpaired) electrons. The molecule has 0 aliphatic carbocycles. The smallest absolute Gasteiger partial charge is 0.410 e. The van der Waals surface area contributed by atoms with E-state index in [1.54, 1.807) is 11.1 Å². The van der Waals surface area contributed by atoms with Crippen molar-refractivity contribution in [3.05, 3.63) is 24.0 Å². The van der Waals surface area contributed by atoms with Gasteiger partial charge in [0.15, 0.2) is 0 Å². The van der Waals surface area contributed by atoms with Gasteiger partial charge in [0, 0.05) is 19.3 Å². The van der Waals surface area contributed by atoms with Crippen molar-refractivity contribution >= 4 is 17.6 Å². The zero-order valence-corrected chi connectivity index (χ0v) is 12.1. The molecule has 1 aliphatic rings. The highest BCUT2D eigenvalue weighted by Crippen LogP contribution is 2.22. The van der Waals surface area contributed by atoms with Crippen molar-refractivity contribution in [1.29, 1.82) is 0 Å². The molecule has 108 valence electrons. The average Bonchev–Trinajstić information content (AvgIpc) is 2.37. The van der Waals surface area contributed by atoms with Gasteiger partial charge in [-0.05, 0) is 38.8 Å². The largest absolute Gasteiger partial charge is 0.444 e. The van der Waals surface area contributed by atoms with Gasteiger partial charge in [0.25, 0.3) is 0 Å². The summed E-state index contributed by atoms with van der Waals surface area (Å²) in [6.45, 7) is 6.72. The van der Waals surface area contributed by atoms with E-state index >= 15 is 0 Å². The highest BCUT2D eigenvalue weighted by Gasteiger charge is 2.24. The first kappa shape index (κ1) is 14.3. The fourth-order valence-electron chi connectivity index (χ4n) is 1.95. The SMILES string of the molecule is CC(C)(C)OC(=O)N1CC=C(c2ccnc(N)n2)CC1. The van der Waals surface area contributed by atoms with Crippen LogP contribution in [0.4, 0.5) is 10.7 Å². The molecule has 0 saturated heterocycles. The molecule has 0 saturated carbocycles. The molecule has 20 heavy (non-hydrogen) atoms. The Hall–Kier alpha value is -2.11. The summed E-state index contributed by atoms with van der Waals surface area (Å²) in [6, 6.07) is 1.82. The molecule has 1 aromatic rings. The molecule has 2 rings (SSSR count). The van der Waals surface area contributed by atoms with Gasteiger partial charge < -0.3 is 15.4 Å². The van der Waals surface area contributed by atoms with Gasteiger partial charge >= 0.3 is 6.09 Å². The first-order valence-corrected chi connectivity index (χ1v) is 6.61. The number of nitrogen functional groups attached to an aromatic ring is 1. The number of anilines is 1. The number of carbonyl (C=O) groups is 1. The number of amides is 1. The molecule has 2 N–H and O–H groups in total. The third kappa shape index (κ3) is 3.69. The fourth-order valence-corrected chi connectivity index (χ4v) is 1.95. The van der Waals surface area contributed by atoms with Gasteiger partial charge in [-0.25, -0.2) is 14.8 Å². The summed E-state index contributed by atoms with van der Waals surface area (Å²) >= 11 is 0. The number of aromatic nitrogens is 2. The summed E-state index contributed by atoms with van der Waals surface area (Å²) in [7, 11) is 0. The molecule has 0 fully saturated rings. The van der Waals surface area contributed by atoms with Crippen molar-refractivity contribution in [3.8, 4) is 0 Å². The van der Waals surface area contributed by atoms with E-state index in [-0.39, 0.29) is 12.0 Å². The van der Waals surface area contributed by atoms with E-state index in [9.17, 15) is 4.79 Å². The lowest BCUT2D eigenvalue weighted by Gasteiger charge is -2.29. The van der Waals surface area contributed by atoms with Crippen LogP contribution in [0.15, 0.2) is 18.3 Å². The van der Waals surface area contributed by atoms with Crippen LogP contribution >= 0.6 is 0 Å². The molecule has 0 spiro atoms. The molecule has 6 nitrogen and oxygen atoms in total. The first-order chi connectivity index (χ1) is 9.35. The number of hydrogen-bond acceptors (Lipinski definition) is 5. The predicted octanol–water partition coefficient (Wildman–Crippen LogP) is 2.08. The van der Waals surface area contributed by atoms with Gasteiger partial charge in [-0.1, -0.05) is 6.08 Å². The van der Waals surface area contributed by atoms with Gasteiger partial charge in [0.2, 0.25) is 5.95 Å². The highest BCUT2D eigenvalue weighted by molar-refractivity contribution is 5.72. The van der Waals surface area contributed by atoms with Crippen molar-refractivity contribution in [2.45, 2.75) is 32.8 Å². The first-order valence-electron chi connectivity index (χ1n) is 6.61. The Morgan fingerprint density at radius 1 is 1.45 bits per heavy atom. The lowest BCUT2D eigenvalue weighted by Crippen LogP contribution is -2.39. The van der Waals surface area contributed by atoms with Gasteiger partial charge in [-0.2, -0.15) is 0 Å². The number of nitrogens with two attached hydrogens (primary N) is 1. The standard InChI is InChI=1S/C14H20N4O2/c1-14(2,3)20-13(19)18-8-5-10(6-9-18)11-4-7-16-12(15)17-11/h4-5,7H,6,8-9H2,1-3H3,(H2,15,16,17). The summed E-state index contributed by atoms with van der Waals surface area (Å²) < 4.78 is 5.35. The lowest BCUT2D eigenvalue weighted by atomic mass is 10.1. The molecule has 2 heterocycles. The zero-order valence-electron chi connectivity index (χ0n) is 12.1. The second-order valence-electron chi connectivity index (χ2n) is 5.71. The van der Waals surface area contributed by atoms with E-state index < -0.39 is 5.60 Å². The summed E-state index contributed by atoms with van der Waals surface area (Å²) in [4.78, 5) is 21.7. The number of ether oxygens (including phenoxy) is 1. The van der Waals surface area contributed by atoms with Crippen molar-refractivity contribution in [3.63, 3.8) is 0 Å². The van der Waals surface area contributed by atoms with Crippen LogP contribution < -0.4 is 5.73 Å². The Bertz CT molecular complexity index is 534. The summed E-state index contributed by atoms with van der Waals surface area (Å²) in [5, 5.41) is 0. The summed E-state index contributed by atoms with van der Waals surface area (Å²) in [5.74, 6) is 0.262. The summed E-state index contributed by atoms with van der Waals surface area (Å²) in [5.41, 5.74) is 7.01. The van der Waals surface area contributed by atoms with Gasteiger partial charge in [0.05, 0.1) is 5.69 Å². The number of nitrogens with zero attached hydrogens (tertiary/aromatic N) is 3. The van der Waals surface area contributed by atoms with E-state index in [0.717, 1.165) is 17.7 Å². The molecule has 1 aliphatic heterocycles. The minimum Gasteiger partial charge on any atom is -0.444 e. The molecule has 0 bridgehead atoms. The maximum atomic E-state index is 11.9. The van der Waals surface area contributed by atoms with E-state index in [4.69, 9.17) is 10.5 Å². The topological polar surface area (TPSA) is 81.3 Å². The molecule has 1 amide bonds. The Balaban J connectivity index is 2.02. The second-order valence-corrected chi connectivity index (χ2v) is 5.71. The monoisotopic (exact) mass is 276 g/mol. The number of rotatable bonds is 1. The maximum Gasteiger partial charge on any atom is 0.410 e. The highest BCUT2D eigenvalue weighted by atomic mass is 16.6. The van der Waals surface area contributed by atoms with Crippen molar-refractivity contribution in [2.24, 2.45) is 0 Å². The van der Waals surface area contributed by atoms with Crippen LogP contribution in [0, 0.1) is 0 Å². The minimum atomic E-state index is -0.470. The quantitative estimate of drug-likeness (QED) is 0.849. The average molecular weight is 276 g/mol. The van der Waals surface area contributed by atoms with Crippen molar-refractivity contribution < 1.29 is 9.53 Å². The maximum absolute atomic E-state index is 11.9. The van der Waals surface area contributed by atoms with Crippen molar-refractivity contribution in [2.75, 3.05) is 18.8 Å². The number of carbonyl (C=O) groups excluding carboxylic acids is 1. The lowest BCUT2D eigenvalue weighted by molar-refractivity contribution is 0.0270. The van der Waals surface area contributed by atoms with E-state index in [1.807, 2.05) is 32.9 Å². The summed E-state index contributed by atoms with van der Waals surface area (Å²) in [6.07, 6.45) is 4.07. The Labute approximate surface area is 118 Å². The van der Waals surface area contributed by atoms with Crippen molar-refractivity contribution in [1.82, 2.24) is 14.9 Å². The molecular formula is C14H20N4O2. The van der Waals surface area contributed by atoms with Crippen LogP contribution in [0.25, 0.3) is 5.57 Å². The van der Waals surface area contributed by atoms with Gasteiger partial charge in [0.1, 0.15) is 5.60 Å². The molecule has 0 atom stereocenters. The van der Waals surface area contributed by atoms with Crippen LogP contribution in [0.5, 0.6) is 0 Å². The third-order valence-electron chi connectivity index (χ3n) is 2.86. The fraction of sp³-hybridized carbons (Fsp3) is 0.500. The molecule has 6 heteroatoms. The Kier molecular flexibility index (Phi) is 3.92. The van der Waals surface area contributed by atoms with E-state index in [0.29, 0.717) is 13.1 Å². The van der Waals surface area contributed by atoms with Crippen LogP contribution in [0.2, 0.25) is 0 Å². The van der Waals surface area contributed by atoms with Crippen LogP contribution in [-0.2, 0) is 4.74 Å². The predicted molar refractivity (Wildman–Crippen MR) is 76.8 cm³/mol. The second kappa shape index (κ2) is 5.48. The molecule has 0 aromatic carbocycles. The third-order valence-corrected chi connectivity index (χ3v) is 2.86.